The lowest BCUT2D eigenvalue weighted by Crippen LogP contribution is -2.35. The van der Waals surface area contributed by atoms with Crippen molar-refractivity contribution in [1.82, 2.24) is 14.9 Å². The van der Waals surface area contributed by atoms with Crippen LogP contribution in [0.15, 0.2) is 17.6 Å². The number of carbonyl (C=O) groups is 1. The van der Waals surface area contributed by atoms with Crippen LogP contribution in [-0.2, 0) is 7.05 Å². The van der Waals surface area contributed by atoms with Gasteiger partial charge in [0.2, 0.25) is 0 Å². The van der Waals surface area contributed by atoms with Gasteiger partial charge in [0.1, 0.15) is 5.69 Å². The molecule has 2 aromatic heterocycles. The van der Waals surface area contributed by atoms with E-state index in [1.807, 2.05) is 31.6 Å². The van der Waals surface area contributed by atoms with Crippen molar-refractivity contribution in [1.29, 1.82) is 0 Å². The number of nitrogens with one attached hydrogen (secondary N) is 1. The highest BCUT2D eigenvalue weighted by Gasteiger charge is 2.15. The molecule has 0 aliphatic carbocycles. The van der Waals surface area contributed by atoms with Gasteiger partial charge in [-0.1, -0.05) is 0 Å². The molecule has 1 amide bonds. The van der Waals surface area contributed by atoms with Gasteiger partial charge in [-0.3, -0.25) is 4.79 Å². The third-order valence-corrected chi connectivity index (χ3v) is 3.58. The fraction of sp³-hybridized carbons (Fsp3) is 0.385. The number of amides is 1. The van der Waals surface area contributed by atoms with Crippen LogP contribution in [-0.4, -0.2) is 33.2 Å². The predicted octanol–water partition coefficient (Wildman–Crippen LogP) is 1.57. The van der Waals surface area contributed by atoms with Gasteiger partial charge in [0.15, 0.2) is 0 Å². The molecule has 0 saturated carbocycles. The van der Waals surface area contributed by atoms with Crippen LogP contribution in [0.4, 0.5) is 0 Å². The summed E-state index contributed by atoms with van der Waals surface area (Å²) in [5, 5.41) is 14.7. The molecule has 2 rings (SSSR count). The number of nitrogens with zero attached hydrogens (tertiary/aromatic N) is 2. The summed E-state index contributed by atoms with van der Waals surface area (Å²) < 4.78 is 1.77. The first-order valence-corrected chi connectivity index (χ1v) is 6.90. The van der Waals surface area contributed by atoms with Crippen molar-refractivity contribution in [3.63, 3.8) is 0 Å². The first-order chi connectivity index (χ1) is 9.01. The third-order valence-electron chi connectivity index (χ3n) is 2.80. The van der Waals surface area contributed by atoms with Crippen molar-refractivity contribution in [3.05, 3.63) is 28.3 Å². The number of thiazole rings is 1. The highest BCUT2D eigenvalue weighted by Crippen LogP contribution is 2.23. The summed E-state index contributed by atoms with van der Waals surface area (Å²) in [6.45, 7) is 3.63. The van der Waals surface area contributed by atoms with Crippen LogP contribution in [0.5, 0.6) is 0 Å². The molecule has 0 spiro atoms. The Balaban J connectivity index is 2.24. The maximum atomic E-state index is 12.0. The lowest BCUT2D eigenvalue weighted by molar-refractivity contribution is 0.0914. The van der Waals surface area contributed by atoms with Crippen molar-refractivity contribution in [3.8, 4) is 11.3 Å². The fourth-order valence-electron chi connectivity index (χ4n) is 1.77. The van der Waals surface area contributed by atoms with E-state index < -0.39 is 0 Å². The Morgan fingerprint density at radius 1 is 1.63 bits per heavy atom. The summed E-state index contributed by atoms with van der Waals surface area (Å²) in [6, 6.07) is 1.56. The minimum Gasteiger partial charge on any atom is -0.394 e. The molecular formula is C13H17N3O2S. The Labute approximate surface area is 115 Å². The van der Waals surface area contributed by atoms with Gasteiger partial charge in [0, 0.05) is 30.2 Å². The third kappa shape index (κ3) is 3.02. The second kappa shape index (κ2) is 5.54. The van der Waals surface area contributed by atoms with E-state index in [0.29, 0.717) is 5.69 Å². The van der Waals surface area contributed by atoms with Crippen LogP contribution in [0.1, 0.15) is 22.4 Å². The zero-order chi connectivity index (χ0) is 14.0. The van der Waals surface area contributed by atoms with Gasteiger partial charge in [0.25, 0.3) is 5.91 Å². The Morgan fingerprint density at radius 2 is 2.37 bits per heavy atom. The molecule has 0 radical (unpaired) electrons. The van der Waals surface area contributed by atoms with E-state index in [0.717, 1.165) is 16.3 Å². The number of aliphatic hydroxyl groups excluding tert-OH is 1. The molecule has 0 fully saturated rings. The maximum absolute atomic E-state index is 12.0. The highest BCUT2D eigenvalue weighted by molar-refractivity contribution is 7.09. The summed E-state index contributed by atoms with van der Waals surface area (Å²) in [7, 11) is 1.82. The summed E-state index contributed by atoms with van der Waals surface area (Å²) in [6.07, 6.45) is 1.88. The van der Waals surface area contributed by atoms with Crippen molar-refractivity contribution < 1.29 is 9.90 Å². The molecule has 2 aromatic rings. The van der Waals surface area contributed by atoms with Crippen LogP contribution < -0.4 is 5.32 Å². The van der Waals surface area contributed by atoms with Gasteiger partial charge in [0.05, 0.1) is 17.3 Å². The first kappa shape index (κ1) is 13.8. The Bertz CT molecular complexity index is 588. The summed E-state index contributed by atoms with van der Waals surface area (Å²) >= 11 is 1.58. The van der Waals surface area contributed by atoms with Gasteiger partial charge in [-0.25, -0.2) is 4.98 Å². The first-order valence-electron chi connectivity index (χ1n) is 6.02. The molecule has 0 aromatic carbocycles. The monoisotopic (exact) mass is 279 g/mol. The molecule has 19 heavy (non-hydrogen) atoms. The normalized spacial score (nSPS) is 12.4. The zero-order valence-electron chi connectivity index (χ0n) is 11.2. The van der Waals surface area contributed by atoms with Crippen LogP contribution in [0.2, 0.25) is 0 Å². The molecule has 0 bridgehead atoms. The van der Waals surface area contributed by atoms with Crippen molar-refractivity contribution in [2.45, 2.75) is 19.9 Å². The average Bonchev–Trinajstić information content (AvgIpc) is 2.95. The minimum atomic E-state index is -0.257. The number of rotatable bonds is 4. The van der Waals surface area contributed by atoms with E-state index in [9.17, 15) is 4.79 Å². The van der Waals surface area contributed by atoms with Gasteiger partial charge >= 0.3 is 0 Å². The average molecular weight is 279 g/mol. The summed E-state index contributed by atoms with van der Waals surface area (Å²) in [5.74, 6) is -0.192. The molecule has 1 atom stereocenters. The molecule has 2 N–H and O–H groups in total. The standard InChI is InChI=1S/C13H17N3O2S/c1-8(6-17)14-13(18)12-4-10(5-16(12)3)11-7-19-9(2)15-11/h4-5,7-8,17H,6H2,1-3H3,(H,14,18). The quantitative estimate of drug-likeness (QED) is 0.892. The second-order valence-corrected chi connectivity index (χ2v) is 5.60. The molecule has 102 valence electrons. The van der Waals surface area contributed by atoms with Crippen molar-refractivity contribution >= 4 is 17.2 Å². The van der Waals surface area contributed by atoms with Crippen LogP contribution in [0.25, 0.3) is 11.3 Å². The smallest absolute Gasteiger partial charge is 0.268 e. The molecule has 0 aliphatic heterocycles. The van der Waals surface area contributed by atoms with Gasteiger partial charge in [-0.15, -0.1) is 11.3 Å². The van der Waals surface area contributed by atoms with E-state index in [2.05, 4.69) is 10.3 Å². The van der Waals surface area contributed by atoms with Crippen LogP contribution in [0.3, 0.4) is 0 Å². The molecule has 2 heterocycles. The van der Waals surface area contributed by atoms with Crippen LogP contribution in [0, 0.1) is 6.92 Å². The van der Waals surface area contributed by atoms with Gasteiger partial charge in [-0.2, -0.15) is 0 Å². The fourth-order valence-corrected chi connectivity index (χ4v) is 2.39. The summed E-state index contributed by atoms with van der Waals surface area (Å²) in [4.78, 5) is 16.4. The van der Waals surface area contributed by atoms with Gasteiger partial charge in [-0.05, 0) is 19.9 Å². The Kier molecular flexibility index (Phi) is 4.01. The van der Waals surface area contributed by atoms with E-state index in [1.165, 1.54) is 0 Å². The SMILES string of the molecule is Cc1nc(-c2cc(C(=O)NC(C)CO)n(C)c2)cs1. The molecular weight excluding hydrogens is 262 g/mol. The molecule has 1 unspecified atom stereocenters. The number of carbonyl (C=O) groups excluding carboxylic acids is 1. The van der Waals surface area contributed by atoms with E-state index in [4.69, 9.17) is 5.11 Å². The molecule has 6 heteroatoms. The largest absolute Gasteiger partial charge is 0.394 e. The number of hydrogen-bond acceptors (Lipinski definition) is 4. The van der Waals surface area contributed by atoms with E-state index >= 15 is 0 Å². The number of aromatic nitrogens is 2. The van der Waals surface area contributed by atoms with Crippen molar-refractivity contribution in [2.24, 2.45) is 7.05 Å². The Morgan fingerprint density at radius 3 is 2.95 bits per heavy atom. The minimum absolute atomic E-state index is 0.0751. The zero-order valence-corrected chi connectivity index (χ0v) is 12.0. The number of aryl methyl sites for hydroxylation is 2. The number of aliphatic hydroxyl groups is 1. The summed E-state index contributed by atoms with van der Waals surface area (Å²) in [5.41, 5.74) is 2.36. The lowest BCUT2D eigenvalue weighted by Gasteiger charge is -2.10. The lowest BCUT2D eigenvalue weighted by atomic mass is 10.2. The number of hydrogen-bond donors (Lipinski definition) is 2. The molecule has 0 aliphatic rings. The van der Waals surface area contributed by atoms with E-state index in [-0.39, 0.29) is 18.6 Å². The highest BCUT2D eigenvalue weighted by atomic mass is 32.1. The molecule has 5 nitrogen and oxygen atoms in total. The Hall–Kier alpha value is -1.66. The van der Waals surface area contributed by atoms with Crippen molar-refractivity contribution in [2.75, 3.05) is 6.61 Å². The van der Waals surface area contributed by atoms with Crippen LogP contribution >= 0.6 is 11.3 Å². The van der Waals surface area contributed by atoms with E-state index in [1.54, 1.807) is 22.8 Å². The maximum Gasteiger partial charge on any atom is 0.268 e. The second-order valence-electron chi connectivity index (χ2n) is 4.53. The molecule has 0 saturated heterocycles. The predicted molar refractivity (Wildman–Crippen MR) is 75.3 cm³/mol. The van der Waals surface area contributed by atoms with Gasteiger partial charge < -0.3 is 15.0 Å². The topological polar surface area (TPSA) is 67.2 Å².